The second kappa shape index (κ2) is 11.3. The predicted molar refractivity (Wildman–Crippen MR) is 118 cm³/mol. The van der Waals surface area contributed by atoms with Crippen molar-refractivity contribution in [1.82, 2.24) is 15.8 Å². The van der Waals surface area contributed by atoms with Crippen molar-refractivity contribution in [1.29, 1.82) is 0 Å². The average molecular weight is 398 g/mol. The van der Waals surface area contributed by atoms with Gasteiger partial charge in [-0.1, -0.05) is 56.3 Å². The van der Waals surface area contributed by atoms with E-state index >= 15 is 0 Å². The maximum absolute atomic E-state index is 5.89. The lowest BCUT2D eigenvalue weighted by Gasteiger charge is -2.26. The normalized spacial score (nSPS) is 15.4. The van der Waals surface area contributed by atoms with Crippen LogP contribution in [0.5, 0.6) is 5.75 Å². The number of nitrogens with zero attached hydrogens (tertiary/aromatic N) is 1. The molecule has 0 aliphatic carbocycles. The van der Waals surface area contributed by atoms with Crippen LogP contribution in [0.2, 0.25) is 0 Å². The minimum atomic E-state index is -0.0173. The summed E-state index contributed by atoms with van der Waals surface area (Å²) in [5, 5.41) is 0. The maximum Gasteiger partial charge on any atom is 0.119 e. The molecule has 2 aromatic rings. The molecule has 3 rings (SSSR count). The van der Waals surface area contributed by atoms with Crippen molar-refractivity contribution in [3.8, 4) is 5.75 Å². The highest BCUT2D eigenvalue weighted by Gasteiger charge is 2.22. The zero-order valence-electron chi connectivity index (χ0n) is 17.8. The summed E-state index contributed by atoms with van der Waals surface area (Å²) in [6, 6.07) is 19.1. The SMILES string of the molecule is CC(C)(c1ccccc1)c1ccc(OCCCNNCCN2CCOCC2)cc1. The van der Waals surface area contributed by atoms with E-state index in [9.17, 15) is 0 Å². The fourth-order valence-corrected chi connectivity index (χ4v) is 3.56. The van der Waals surface area contributed by atoms with Gasteiger partial charge in [0.2, 0.25) is 0 Å². The molecule has 1 heterocycles. The number of hydrazine groups is 1. The molecule has 1 saturated heterocycles. The fourth-order valence-electron chi connectivity index (χ4n) is 3.56. The summed E-state index contributed by atoms with van der Waals surface area (Å²) in [4.78, 5) is 2.42. The van der Waals surface area contributed by atoms with Crippen LogP contribution in [0.15, 0.2) is 54.6 Å². The first-order chi connectivity index (χ1) is 14.2. The molecule has 0 saturated carbocycles. The number of morpholine rings is 1. The van der Waals surface area contributed by atoms with Crippen LogP contribution < -0.4 is 15.6 Å². The Morgan fingerprint density at radius 1 is 0.897 bits per heavy atom. The Kier molecular flexibility index (Phi) is 8.50. The molecule has 0 aromatic heterocycles. The molecule has 29 heavy (non-hydrogen) atoms. The molecule has 0 unspecified atom stereocenters. The molecule has 5 nitrogen and oxygen atoms in total. The van der Waals surface area contributed by atoms with E-state index in [1.807, 2.05) is 0 Å². The van der Waals surface area contributed by atoms with E-state index in [2.05, 4.69) is 84.2 Å². The van der Waals surface area contributed by atoms with Crippen molar-refractivity contribution in [3.05, 3.63) is 65.7 Å². The van der Waals surface area contributed by atoms with Crippen molar-refractivity contribution in [3.63, 3.8) is 0 Å². The van der Waals surface area contributed by atoms with Gasteiger partial charge in [-0.25, -0.2) is 0 Å². The van der Waals surface area contributed by atoms with E-state index in [1.54, 1.807) is 0 Å². The number of hydrogen-bond acceptors (Lipinski definition) is 5. The summed E-state index contributed by atoms with van der Waals surface area (Å²) in [7, 11) is 0. The molecular formula is C24H35N3O2. The van der Waals surface area contributed by atoms with Crippen LogP contribution >= 0.6 is 0 Å². The molecule has 0 atom stereocenters. The Hall–Kier alpha value is -1.92. The third kappa shape index (κ3) is 6.82. The summed E-state index contributed by atoms with van der Waals surface area (Å²) < 4.78 is 11.3. The quantitative estimate of drug-likeness (QED) is 0.450. The van der Waals surface area contributed by atoms with Crippen molar-refractivity contribution in [2.45, 2.75) is 25.7 Å². The summed E-state index contributed by atoms with van der Waals surface area (Å²) in [6.07, 6.45) is 0.960. The Morgan fingerprint density at radius 2 is 1.55 bits per heavy atom. The highest BCUT2D eigenvalue weighted by atomic mass is 16.5. The van der Waals surface area contributed by atoms with Crippen molar-refractivity contribution < 1.29 is 9.47 Å². The van der Waals surface area contributed by atoms with Gasteiger partial charge in [0, 0.05) is 38.1 Å². The van der Waals surface area contributed by atoms with Gasteiger partial charge in [-0.3, -0.25) is 15.8 Å². The smallest absolute Gasteiger partial charge is 0.119 e. The second-order valence-corrected chi connectivity index (χ2v) is 8.02. The Morgan fingerprint density at radius 3 is 2.28 bits per heavy atom. The number of rotatable bonds is 11. The zero-order valence-corrected chi connectivity index (χ0v) is 17.8. The third-order valence-corrected chi connectivity index (χ3v) is 5.57. The van der Waals surface area contributed by atoms with Crippen LogP contribution in [0.1, 0.15) is 31.4 Å². The highest BCUT2D eigenvalue weighted by molar-refractivity contribution is 5.39. The van der Waals surface area contributed by atoms with Crippen molar-refractivity contribution in [2.24, 2.45) is 0 Å². The minimum absolute atomic E-state index is 0.0173. The van der Waals surface area contributed by atoms with E-state index < -0.39 is 0 Å². The van der Waals surface area contributed by atoms with E-state index in [-0.39, 0.29) is 5.41 Å². The van der Waals surface area contributed by atoms with Crippen LogP contribution in [0.4, 0.5) is 0 Å². The molecule has 2 N–H and O–H groups in total. The van der Waals surface area contributed by atoms with E-state index in [0.29, 0.717) is 6.61 Å². The van der Waals surface area contributed by atoms with Crippen LogP contribution in [0.25, 0.3) is 0 Å². The molecule has 2 aromatic carbocycles. The topological polar surface area (TPSA) is 45.8 Å². The van der Waals surface area contributed by atoms with Crippen molar-refractivity contribution in [2.75, 3.05) is 52.5 Å². The molecular weight excluding hydrogens is 362 g/mol. The van der Waals surface area contributed by atoms with Crippen LogP contribution in [0, 0.1) is 0 Å². The van der Waals surface area contributed by atoms with Crippen LogP contribution in [0.3, 0.4) is 0 Å². The van der Waals surface area contributed by atoms with Crippen molar-refractivity contribution >= 4 is 0 Å². The molecule has 0 bridgehead atoms. The fraction of sp³-hybridized carbons (Fsp3) is 0.500. The summed E-state index contributed by atoms with van der Waals surface area (Å²) in [6.45, 7) is 11.9. The first-order valence-electron chi connectivity index (χ1n) is 10.7. The number of hydrogen-bond donors (Lipinski definition) is 2. The second-order valence-electron chi connectivity index (χ2n) is 8.02. The Labute approximate surface area is 175 Å². The molecule has 0 spiro atoms. The number of benzene rings is 2. The monoisotopic (exact) mass is 397 g/mol. The van der Waals surface area contributed by atoms with Gasteiger partial charge in [-0.15, -0.1) is 0 Å². The lowest BCUT2D eigenvalue weighted by atomic mass is 9.78. The van der Waals surface area contributed by atoms with Gasteiger partial charge < -0.3 is 9.47 Å². The summed E-state index contributed by atoms with van der Waals surface area (Å²) in [5.41, 5.74) is 9.15. The lowest BCUT2D eigenvalue weighted by molar-refractivity contribution is 0.0380. The molecule has 1 aliphatic heterocycles. The van der Waals surface area contributed by atoms with Gasteiger partial charge in [0.25, 0.3) is 0 Å². The largest absolute Gasteiger partial charge is 0.494 e. The molecule has 0 radical (unpaired) electrons. The summed E-state index contributed by atoms with van der Waals surface area (Å²) in [5.74, 6) is 0.929. The third-order valence-electron chi connectivity index (χ3n) is 5.57. The number of nitrogens with one attached hydrogen (secondary N) is 2. The van der Waals surface area contributed by atoms with Gasteiger partial charge >= 0.3 is 0 Å². The Balaban J connectivity index is 1.30. The number of ether oxygens (including phenoxy) is 2. The van der Waals surface area contributed by atoms with Crippen LogP contribution in [-0.2, 0) is 10.2 Å². The van der Waals surface area contributed by atoms with Crippen LogP contribution in [-0.4, -0.2) is 57.4 Å². The van der Waals surface area contributed by atoms with E-state index in [0.717, 1.165) is 58.1 Å². The average Bonchev–Trinajstić information content (AvgIpc) is 2.77. The van der Waals surface area contributed by atoms with E-state index in [1.165, 1.54) is 11.1 Å². The first-order valence-corrected chi connectivity index (χ1v) is 10.7. The van der Waals surface area contributed by atoms with Gasteiger partial charge in [-0.05, 0) is 29.7 Å². The Bertz CT molecular complexity index is 698. The highest BCUT2D eigenvalue weighted by Crippen LogP contribution is 2.32. The maximum atomic E-state index is 5.89. The molecule has 5 heteroatoms. The molecule has 1 aliphatic rings. The van der Waals surface area contributed by atoms with Gasteiger partial charge in [0.15, 0.2) is 0 Å². The minimum Gasteiger partial charge on any atom is -0.494 e. The van der Waals surface area contributed by atoms with Gasteiger partial charge in [0.1, 0.15) is 5.75 Å². The molecule has 0 amide bonds. The van der Waals surface area contributed by atoms with Gasteiger partial charge in [0.05, 0.1) is 19.8 Å². The standard InChI is InChI=1S/C24H35N3O2/c1-24(2,21-7-4-3-5-8-21)22-9-11-23(12-10-22)29-18-6-13-25-26-14-15-27-16-19-28-20-17-27/h3-5,7-12,25-26H,6,13-20H2,1-2H3. The summed E-state index contributed by atoms with van der Waals surface area (Å²) >= 11 is 0. The molecule has 158 valence electrons. The zero-order chi connectivity index (χ0) is 20.4. The van der Waals surface area contributed by atoms with Gasteiger partial charge in [-0.2, -0.15) is 0 Å². The molecule has 1 fully saturated rings. The first kappa shape index (κ1) is 21.8. The predicted octanol–water partition coefficient (Wildman–Crippen LogP) is 3.21. The van der Waals surface area contributed by atoms with E-state index in [4.69, 9.17) is 9.47 Å². The lowest BCUT2D eigenvalue weighted by Crippen LogP contribution is -2.43.